The smallest absolute Gasteiger partial charge is 0.251 e. The second kappa shape index (κ2) is 9.07. The molecule has 0 radical (unpaired) electrons. The van der Waals surface area contributed by atoms with Gasteiger partial charge in [-0.3, -0.25) is 14.4 Å². The second-order valence-electron chi connectivity index (χ2n) is 6.35. The Morgan fingerprint density at radius 2 is 1.61 bits per heavy atom. The zero-order valence-electron chi connectivity index (χ0n) is 15.7. The van der Waals surface area contributed by atoms with Crippen molar-refractivity contribution in [1.82, 2.24) is 16.0 Å². The molecule has 0 fully saturated rings. The van der Waals surface area contributed by atoms with E-state index in [1.807, 2.05) is 19.9 Å². The average molecular weight is 389 g/mol. The summed E-state index contributed by atoms with van der Waals surface area (Å²) in [6, 6.07) is 6.97. The van der Waals surface area contributed by atoms with Crippen LogP contribution in [0.4, 0.5) is 8.78 Å². The normalized spacial score (nSPS) is 11.5. The molecule has 0 aromatic heterocycles. The molecule has 148 valence electrons. The molecule has 0 saturated carbocycles. The first-order valence-electron chi connectivity index (χ1n) is 8.53. The summed E-state index contributed by atoms with van der Waals surface area (Å²) in [6.07, 6.45) is 0. The van der Waals surface area contributed by atoms with Gasteiger partial charge in [-0.1, -0.05) is 23.3 Å². The fraction of sp³-hybridized carbons (Fsp3) is 0.250. The van der Waals surface area contributed by atoms with Crippen molar-refractivity contribution in [2.24, 2.45) is 0 Å². The number of hydrogen-bond donors (Lipinski definition) is 3. The van der Waals surface area contributed by atoms with Crippen LogP contribution in [0.2, 0.25) is 0 Å². The summed E-state index contributed by atoms with van der Waals surface area (Å²) in [4.78, 5) is 36.5. The molecule has 2 aromatic carbocycles. The first-order chi connectivity index (χ1) is 13.2. The summed E-state index contributed by atoms with van der Waals surface area (Å²) >= 11 is 0. The van der Waals surface area contributed by atoms with Gasteiger partial charge in [-0.15, -0.1) is 0 Å². The Labute approximate surface area is 161 Å². The lowest BCUT2D eigenvalue weighted by Crippen LogP contribution is -2.43. The van der Waals surface area contributed by atoms with Gasteiger partial charge >= 0.3 is 0 Å². The number of carbonyl (C=O) groups excluding carboxylic acids is 3. The molecule has 0 heterocycles. The van der Waals surface area contributed by atoms with E-state index in [-0.39, 0.29) is 12.1 Å². The average Bonchev–Trinajstić information content (AvgIpc) is 2.65. The van der Waals surface area contributed by atoms with E-state index >= 15 is 0 Å². The minimum Gasteiger partial charge on any atom is -0.357 e. The molecule has 3 amide bonds. The molecule has 0 aliphatic heterocycles. The van der Waals surface area contributed by atoms with E-state index in [2.05, 4.69) is 16.0 Å². The third kappa shape index (κ3) is 5.35. The van der Waals surface area contributed by atoms with Crippen molar-refractivity contribution in [2.45, 2.75) is 19.9 Å². The molecule has 0 aliphatic rings. The summed E-state index contributed by atoms with van der Waals surface area (Å²) in [5.41, 5.74) is 2.31. The number of hydrogen-bond acceptors (Lipinski definition) is 3. The summed E-state index contributed by atoms with van der Waals surface area (Å²) in [5, 5.41) is 7.23. The molecule has 6 nitrogen and oxygen atoms in total. The van der Waals surface area contributed by atoms with Crippen molar-refractivity contribution >= 4 is 17.7 Å². The molecule has 3 N–H and O–H groups in total. The predicted molar refractivity (Wildman–Crippen MR) is 99.6 cm³/mol. The van der Waals surface area contributed by atoms with Gasteiger partial charge in [-0.2, -0.15) is 0 Å². The summed E-state index contributed by atoms with van der Waals surface area (Å²) < 4.78 is 26.6. The molecule has 1 unspecified atom stereocenters. The maximum atomic E-state index is 13.5. The Balaban J connectivity index is 2.06. The van der Waals surface area contributed by atoms with Gasteiger partial charge < -0.3 is 16.0 Å². The topological polar surface area (TPSA) is 87.3 Å². The standard InChI is InChI=1S/C20H21F2N3O3/c1-11-6-12(2)8-14(7-11)19(27)24-10-17(26)25-18(20(28)23-3)13-4-5-15(21)16(22)9-13/h4-9,18H,10H2,1-3H3,(H,23,28)(H,24,27)(H,25,26). The molecule has 0 bridgehead atoms. The van der Waals surface area contributed by atoms with E-state index in [0.29, 0.717) is 5.56 Å². The zero-order chi connectivity index (χ0) is 20.8. The van der Waals surface area contributed by atoms with Crippen LogP contribution in [-0.4, -0.2) is 31.3 Å². The van der Waals surface area contributed by atoms with Crippen LogP contribution < -0.4 is 16.0 Å². The molecule has 2 rings (SSSR count). The summed E-state index contributed by atoms with van der Waals surface area (Å²) in [5.74, 6) is -3.91. The van der Waals surface area contributed by atoms with Gasteiger partial charge in [0.2, 0.25) is 11.8 Å². The number of aryl methyl sites for hydroxylation is 2. The van der Waals surface area contributed by atoms with Crippen molar-refractivity contribution in [3.8, 4) is 0 Å². The molecule has 1 atom stereocenters. The lowest BCUT2D eigenvalue weighted by Gasteiger charge is -2.18. The molecule has 0 aliphatic carbocycles. The number of likely N-dealkylation sites (N-methyl/N-ethyl adjacent to an activating group) is 1. The van der Waals surface area contributed by atoms with Crippen molar-refractivity contribution in [2.75, 3.05) is 13.6 Å². The zero-order valence-corrected chi connectivity index (χ0v) is 15.7. The van der Waals surface area contributed by atoms with E-state index in [1.54, 1.807) is 12.1 Å². The first-order valence-corrected chi connectivity index (χ1v) is 8.53. The Bertz CT molecular complexity index is 895. The lowest BCUT2D eigenvalue weighted by atomic mass is 10.1. The van der Waals surface area contributed by atoms with Gasteiger partial charge in [-0.05, 0) is 43.7 Å². The number of amides is 3. The van der Waals surface area contributed by atoms with Crippen molar-refractivity contribution in [3.63, 3.8) is 0 Å². The highest BCUT2D eigenvalue weighted by atomic mass is 19.2. The van der Waals surface area contributed by atoms with E-state index in [1.165, 1.54) is 13.1 Å². The van der Waals surface area contributed by atoms with Crippen LogP contribution in [-0.2, 0) is 9.59 Å². The van der Waals surface area contributed by atoms with Gasteiger partial charge in [0.25, 0.3) is 5.91 Å². The van der Waals surface area contributed by atoms with Gasteiger partial charge in [0.05, 0.1) is 6.54 Å². The lowest BCUT2D eigenvalue weighted by molar-refractivity contribution is -0.128. The second-order valence-corrected chi connectivity index (χ2v) is 6.35. The Hall–Kier alpha value is -3.29. The highest BCUT2D eigenvalue weighted by Crippen LogP contribution is 2.17. The van der Waals surface area contributed by atoms with Crippen molar-refractivity contribution in [3.05, 3.63) is 70.3 Å². The number of carbonyl (C=O) groups is 3. The van der Waals surface area contributed by atoms with Crippen LogP contribution in [0, 0.1) is 25.5 Å². The Morgan fingerprint density at radius 3 is 2.18 bits per heavy atom. The number of nitrogens with one attached hydrogen (secondary N) is 3. The van der Waals surface area contributed by atoms with Crippen LogP contribution in [0.25, 0.3) is 0 Å². The molecule has 2 aromatic rings. The molecule has 0 spiro atoms. The predicted octanol–water partition coefficient (Wildman–Crippen LogP) is 1.91. The number of benzene rings is 2. The molecular weight excluding hydrogens is 368 g/mol. The van der Waals surface area contributed by atoms with Crippen LogP contribution in [0.5, 0.6) is 0 Å². The van der Waals surface area contributed by atoms with Gasteiger partial charge in [-0.25, -0.2) is 8.78 Å². The van der Waals surface area contributed by atoms with E-state index in [4.69, 9.17) is 0 Å². The summed E-state index contributed by atoms with van der Waals surface area (Å²) in [7, 11) is 1.35. The largest absolute Gasteiger partial charge is 0.357 e. The monoisotopic (exact) mass is 389 g/mol. The minimum absolute atomic E-state index is 0.0761. The fourth-order valence-corrected chi connectivity index (χ4v) is 2.72. The summed E-state index contributed by atoms with van der Waals surface area (Å²) in [6.45, 7) is 3.32. The minimum atomic E-state index is -1.23. The molecule has 8 heteroatoms. The van der Waals surface area contributed by atoms with Crippen LogP contribution in [0.15, 0.2) is 36.4 Å². The number of rotatable bonds is 6. The fourth-order valence-electron chi connectivity index (χ4n) is 2.72. The first kappa shape index (κ1) is 21.0. The molecular formula is C20H21F2N3O3. The van der Waals surface area contributed by atoms with E-state index in [0.717, 1.165) is 23.3 Å². The third-order valence-corrected chi connectivity index (χ3v) is 3.98. The van der Waals surface area contributed by atoms with Crippen LogP contribution >= 0.6 is 0 Å². The highest BCUT2D eigenvalue weighted by Gasteiger charge is 2.23. The van der Waals surface area contributed by atoms with Crippen molar-refractivity contribution in [1.29, 1.82) is 0 Å². The quantitative estimate of drug-likeness (QED) is 0.705. The Morgan fingerprint density at radius 1 is 0.964 bits per heavy atom. The van der Waals surface area contributed by atoms with Crippen molar-refractivity contribution < 1.29 is 23.2 Å². The maximum absolute atomic E-state index is 13.5. The van der Waals surface area contributed by atoms with Crippen LogP contribution in [0.3, 0.4) is 0 Å². The van der Waals surface area contributed by atoms with Crippen LogP contribution in [0.1, 0.15) is 33.1 Å². The highest BCUT2D eigenvalue weighted by molar-refractivity contribution is 5.97. The van der Waals surface area contributed by atoms with Gasteiger partial charge in [0.1, 0.15) is 6.04 Å². The van der Waals surface area contributed by atoms with Gasteiger partial charge in [0.15, 0.2) is 11.6 Å². The van der Waals surface area contributed by atoms with E-state index in [9.17, 15) is 23.2 Å². The number of halogens is 2. The SMILES string of the molecule is CNC(=O)C(NC(=O)CNC(=O)c1cc(C)cc(C)c1)c1ccc(F)c(F)c1. The third-order valence-electron chi connectivity index (χ3n) is 3.98. The molecule has 28 heavy (non-hydrogen) atoms. The maximum Gasteiger partial charge on any atom is 0.251 e. The van der Waals surface area contributed by atoms with Gasteiger partial charge in [0, 0.05) is 12.6 Å². The Kier molecular flexibility index (Phi) is 6.81. The molecule has 0 saturated heterocycles. The van der Waals surface area contributed by atoms with E-state index < -0.39 is 35.4 Å².